The van der Waals surface area contributed by atoms with Gasteiger partial charge in [0.1, 0.15) is 0 Å². The molecule has 0 aliphatic rings. The van der Waals surface area contributed by atoms with Crippen LogP contribution in [0.25, 0.3) is 0 Å². The van der Waals surface area contributed by atoms with Crippen molar-refractivity contribution in [2.45, 2.75) is 23.9 Å². The summed E-state index contributed by atoms with van der Waals surface area (Å²) in [7, 11) is -4.13. The lowest BCUT2D eigenvalue weighted by Gasteiger charge is -2.30. The van der Waals surface area contributed by atoms with Crippen molar-refractivity contribution in [3.63, 3.8) is 0 Å². The third-order valence-electron chi connectivity index (χ3n) is 5.88. The largest absolute Gasteiger partial charge is 0.329 e. The molecule has 0 aliphatic heterocycles. The van der Waals surface area contributed by atoms with Gasteiger partial charge >= 0.3 is 12.1 Å². The number of rotatable bonds is 8. The van der Waals surface area contributed by atoms with E-state index in [1.54, 1.807) is 60.7 Å². The van der Waals surface area contributed by atoms with Crippen LogP contribution < -0.4 is 20.7 Å². The standard InChI is InChI=1S/C29H27ClN4O4S/c1-20-12-18-25(19-13-20)39(37,38)34-29(36)33-27(22-10-6-3-7-11-22)26(21-8-4-2-5-9-21)32-28(35)31-24-16-14-23(30)15-17-24/h2-19,26-27H,1H3,(H2,31,32,35)(H2,33,34,36)/t26-,27-/m1/s1. The third-order valence-corrected chi connectivity index (χ3v) is 7.48. The molecule has 2 atom stereocenters. The molecule has 200 valence electrons. The van der Waals surface area contributed by atoms with E-state index in [1.807, 2.05) is 43.3 Å². The Labute approximate surface area is 232 Å². The first kappa shape index (κ1) is 27.7. The molecule has 4 amide bonds. The van der Waals surface area contributed by atoms with Gasteiger partial charge in [-0.1, -0.05) is 90.0 Å². The molecule has 8 nitrogen and oxygen atoms in total. The Balaban J connectivity index is 1.62. The molecular weight excluding hydrogens is 536 g/mol. The molecule has 0 fully saturated rings. The molecule has 0 unspecified atom stereocenters. The van der Waals surface area contributed by atoms with E-state index in [2.05, 4.69) is 20.7 Å². The Morgan fingerprint density at radius 2 is 1.15 bits per heavy atom. The first-order valence-electron chi connectivity index (χ1n) is 12.0. The summed E-state index contributed by atoms with van der Waals surface area (Å²) in [6.45, 7) is 1.83. The van der Waals surface area contributed by atoms with Gasteiger partial charge in [-0.25, -0.2) is 22.7 Å². The fourth-order valence-electron chi connectivity index (χ4n) is 3.95. The molecule has 0 heterocycles. The maximum Gasteiger partial charge on any atom is 0.329 e. The molecular formula is C29H27ClN4O4S. The highest BCUT2D eigenvalue weighted by molar-refractivity contribution is 7.90. The topological polar surface area (TPSA) is 116 Å². The number of halogens is 1. The van der Waals surface area contributed by atoms with Crippen molar-refractivity contribution in [2.24, 2.45) is 0 Å². The van der Waals surface area contributed by atoms with Gasteiger partial charge in [0.05, 0.1) is 17.0 Å². The summed E-state index contributed by atoms with van der Waals surface area (Å²) in [5, 5.41) is 8.97. The number of urea groups is 2. The number of anilines is 1. The van der Waals surface area contributed by atoms with Crippen LogP contribution in [0.1, 0.15) is 28.8 Å². The molecule has 4 N–H and O–H groups in total. The predicted molar refractivity (Wildman–Crippen MR) is 152 cm³/mol. The molecule has 0 aliphatic carbocycles. The quantitative estimate of drug-likeness (QED) is 0.213. The van der Waals surface area contributed by atoms with Crippen molar-refractivity contribution in [2.75, 3.05) is 5.32 Å². The normalized spacial score (nSPS) is 12.6. The summed E-state index contributed by atoms with van der Waals surface area (Å²) in [5.41, 5.74) is 2.76. The van der Waals surface area contributed by atoms with E-state index >= 15 is 0 Å². The number of sulfonamides is 1. The van der Waals surface area contributed by atoms with E-state index in [0.29, 0.717) is 21.8 Å². The number of carbonyl (C=O) groups excluding carboxylic acids is 2. The van der Waals surface area contributed by atoms with Gasteiger partial charge in [-0.2, -0.15) is 0 Å². The van der Waals surface area contributed by atoms with Gasteiger partial charge in [0.2, 0.25) is 0 Å². The number of aryl methyl sites for hydroxylation is 1. The summed E-state index contributed by atoms with van der Waals surface area (Å²) in [4.78, 5) is 26.1. The van der Waals surface area contributed by atoms with Crippen molar-refractivity contribution in [3.05, 3.63) is 131 Å². The highest BCUT2D eigenvalue weighted by atomic mass is 35.5. The number of carbonyl (C=O) groups is 2. The molecule has 0 bridgehead atoms. The summed E-state index contributed by atoms with van der Waals surface area (Å²) < 4.78 is 27.8. The Morgan fingerprint density at radius 1 is 0.667 bits per heavy atom. The number of amides is 4. The van der Waals surface area contributed by atoms with Gasteiger partial charge < -0.3 is 16.0 Å². The summed E-state index contributed by atoms with van der Waals surface area (Å²) in [6, 6.07) is 27.8. The van der Waals surface area contributed by atoms with Crippen LogP contribution in [-0.4, -0.2) is 20.5 Å². The van der Waals surface area contributed by atoms with Gasteiger partial charge in [-0.05, 0) is 54.4 Å². The molecule has 0 saturated carbocycles. The molecule has 4 aromatic rings. The van der Waals surface area contributed by atoms with E-state index in [1.165, 1.54) is 12.1 Å². The summed E-state index contributed by atoms with van der Waals surface area (Å²) in [5.74, 6) is 0. The van der Waals surface area contributed by atoms with Crippen molar-refractivity contribution in [1.82, 2.24) is 15.4 Å². The number of nitrogens with one attached hydrogen (secondary N) is 4. The molecule has 39 heavy (non-hydrogen) atoms. The Kier molecular flexibility index (Phi) is 8.85. The average molecular weight is 563 g/mol. The zero-order valence-corrected chi connectivity index (χ0v) is 22.5. The second-order valence-corrected chi connectivity index (χ2v) is 10.9. The van der Waals surface area contributed by atoms with Crippen LogP contribution in [-0.2, 0) is 10.0 Å². The van der Waals surface area contributed by atoms with E-state index in [4.69, 9.17) is 11.6 Å². The first-order chi connectivity index (χ1) is 18.7. The van der Waals surface area contributed by atoms with Crippen LogP contribution in [0.4, 0.5) is 15.3 Å². The fraction of sp³-hybridized carbons (Fsp3) is 0.103. The predicted octanol–water partition coefficient (Wildman–Crippen LogP) is 5.94. The van der Waals surface area contributed by atoms with E-state index in [-0.39, 0.29) is 4.90 Å². The molecule has 10 heteroatoms. The van der Waals surface area contributed by atoms with Crippen LogP contribution in [0, 0.1) is 6.92 Å². The number of hydrogen-bond acceptors (Lipinski definition) is 4. The van der Waals surface area contributed by atoms with Crippen LogP contribution >= 0.6 is 11.6 Å². The minimum absolute atomic E-state index is 0.0420. The number of hydrogen-bond donors (Lipinski definition) is 4. The van der Waals surface area contributed by atoms with Crippen molar-refractivity contribution in [1.29, 1.82) is 0 Å². The van der Waals surface area contributed by atoms with E-state index < -0.39 is 34.2 Å². The highest BCUT2D eigenvalue weighted by Crippen LogP contribution is 2.29. The second kappa shape index (κ2) is 12.5. The average Bonchev–Trinajstić information content (AvgIpc) is 2.93. The monoisotopic (exact) mass is 562 g/mol. The van der Waals surface area contributed by atoms with Crippen LogP contribution in [0.3, 0.4) is 0 Å². The third kappa shape index (κ3) is 7.59. The minimum atomic E-state index is -4.13. The van der Waals surface area contributed by atoms with Crippen LogP contribution in [0.15, 0.2) is 114 Å². The lowest BCUT2D eigenvalue weighted by molar-refractivity contribution is 0.232. The lowest BCUT2D eigenvalue weighted by Crippen LogP contribution is -2.46. The van der Waals surface area contributed by atoms with Crippen molar-refractivity contribution < 1.29 is 18.0 Å². The molecule has 0 spiro atoms. The molecule has 0 radical (unpaired) electrons. The molecule has 0 aromatic heterocycles. The second-order valence-electron chi connectivity index (χ2n) is 8.77. The minimum Gasteiger partial charge on any atom is -0.329 e. The van der Waals surface area contributed by atoms with E-state index in [0.717, 1.165) is 5.56 Å². The zero-order valence-electron chi connectivity index (χ0n) is 21.0. The van der Waals surface area contributed by atoms with Crippen molar-refractivity contribution in [3.8, 4) is 0 Å². The van der Waals surface area contributed by atoms with Crippen molar-refractivity contribution >= 4 is 39.4 Å². The smallest absolute Gasteiger partial charge is 0.329 e. The van der Waals surface area contributed by atoms with Gasteiger partial charge in [-0.15, -0.1) is 0 Å². The first-order valence-corrected chi connectivity index (χ1v) is 13.9. The zero-order chi connectivity index (χ0) is 27.8. The maximum atomic E-state index is 13.1. The Hall–Kier alpha value is -4.34. The van der Waals surface area contributed by atoms with Gasteiger partial charge in [0.15, 0.2) is 0 Å². The lowest BCUT2D eigenvalue weighted by atomic mass is 9.93. The molecule has 0 saturated heterocycles. The highest BCUT2D eigenvalue weighted by Gasteiger charge is 2.29. The SMILES string of the molecule is Cc1ccc(S(=O)(=O)NC(=O)N[C@H](c2ccccc2)[C@H](NC(=O)Nc2ccc(Cl)cc2)c2ccccc2)cc1. The fourth-order valence-corrected chi connectivity index (χ4v) is 4.99. The maximum absolute atomic E-state index is 13.1. The number of benzene rings is 4. The van der Waals surface area contributed by atoms with Crippen LogP contribution in [0.2, 0.25) is 5.02 Å². The van der Waals surface area contributed by atoms with Gasteiger partial charge in [0, 0.05) is 10.7 Å². The van der Waals surface area contributed by atoms with Gasteiger partial charge in [0.25, 0.3) is 10.0 Å². The Morgan fingerprint density at radius 3 is 1.67 bits per heavy atom. The Bertz CT molecular complexity index is 1520. The van der Waals surface area contributed by atoms with Gasteiger partial charge in [-0.3, -0.25) is 0 Å². The summed E-state index contributed by atoms with van der Waals surface area (Å²) in [6.07, 6.45) is 0. The molecule has 4 rings (SSSR count). The van der Waals surface area contributed by atoms with E-state index in [9.17, 15) is 18.0 Å². The van der Waals surface area contributed by atoms with Crippen LogP contribution in [0.5, 0.6) is 0 Å². The molecule has 4 aromatic carbocycles. The summed E-state index contributed by atoms with van der Waals surface area (Å²) >= 11 is 5.94.